The van der Waals surface area contributed by atoms with Crippen LogP contribution in [0, 0.1) is 11.3 Å². The average Bonchev–Trinajstić information content (AvgIpc) is 3.15. The number of aromatic amines is 2. The molecule has 3 N–H and O–H groups in total. The van der Waals surface area contributed by atoms with Crippen molar-refractivity contribution in [1.82, 2.24) is 9.97 Å². The van der Waals surface area contributed by atoms with Gasteiger partial charge in [0.05, 0.1) is 0 Å². The van der Waals surface area contributed by atoms with E-state index in [1.54, 1.807) is 0 Å². The first-order valence-corrected chi connectivity index (χ1v) is 7.45. The van der Waals surface area contributed by atoms with E-state index in [0.29, 0.717) is 16.8 Å². The van der Waals surface area contributed by atoms with Gasteiger partial charge in [0.1, 0.15) is 23.0 Å². The predicted octanol–water partition coefficient (Wildman–Crippen LogP) is 4.15. The van der Waals surface area contributed by atoms with Crippen molar-refractivity contribution in [2.75, 3.05) is 0 Å². The fraction of sp³-hybridized carbons (Fsp3) is 0. The molecule has 2 aromatic heterocycles. The first-order valence-electron chi connectivity index (χ1n) is 7.45. The molecule has 0 saturated carbocycles. The predicted molar refractivity (Wildman–Crippen MR) is 91.8 cm³/mol. The minimum absolute atomic E-state index is 0.0609. The quantitative estimate of drug-likeness (QED) is 0.479. The van der Waals surface area contributed by atoms with E-state index in [1.807, 2.05) is 24.3 Å². The van der Waals surface area contributed by atoms with Crippen LogP contribution in [-0.2, 0) is 0 Å². The third-order valence-corrected chi connectivity index (χ3v) is 3.90. The molecule has 0 atom stereocenters. The smallest absolute Gasteiger partial charge is 0.295 e. The zero-order valence-corrected chi connectivity index (χ0v) is 12.8. The SMILES string of the molecule is N#Cc1c(N=NC(=O)c2ccc(O)cc2)[nH]c2[nH]c3ccccc3c12. The van der Waals surface area contributed by atoms with Crippen LogP contribution in [0.5, 0.6) is 5.75 Å². The molecular formula is C18H11N5O2. The van der Waals surface area contributed by atoms with Crippen LogP contribution in [0.25, 0.3) is 21.9 Å². The highest BCUT2D eigenvalue weighted by Gasteiger charge is 2.16. The summed E-state index contributed by atoms with van der Waals surface area (Å²) in [5, 5.41) is 27.9. The molecule has 0 aliphatic rings. The van der Waals surface area contributed by atoms with Crippen molar-refractivity contribution in [2.24, 2.45) is 10.2 Å². The Morgan fingerprint density at radius 2 is 1.84 bits per heavy atom. The molecule has 1 amide bonds. The average molecular weight is 329 g/mol. The second-order valence-corrected chi connectivity index (χ2v) is 5.43. The van der Waals surface area contributed by atoms with Crippen LogP contribution >= 0.6 is 0 Å². The molecule has 0 aliphatic heterocycles. The highest BCUT2D eigenvalue weighted by atomic mass is 16.3. The molecule has 7 heteroatoms. The summed E-state index contributed by atoms with van der Waals surface area (Å²) in [6.07, 6.45) is 0. The minimum Gasteiger partial charge on any atom is -0.508 e. The van der Waals surface area contributed by atoms with Crippen molar-refractivity contribution in [3.8, 4) is 11.8 Å². The second kappa shape index (κ2) is 5.62. The Morgan fingerprint density at radius 3 is 2.60 bits per heavy atom. The summed E-state index contributed by atoms with van der Waals surface area (Å²) >= 11 is 0. The van der Waals surface area contributed by atoms with Gasteiger partial charge in [-0.25, -0.2) is 0 Å². The molecule has 2 heterocycles. The lowest BCUT2D eigenvalue weighted by Gasteiger charge is -1.95. The molecule has 0 unspecified atom stereocenters. The maximum absolute atomic E-state index is 12.0. The Labute approximate surface area is 141 Å². The minimum atomic E-state index is -0.563. The van der Waals surface area contributed by atoms with Crippen LogP contribution in [0.2, 0.25) is 0 Å². The van der Waals surface area contributed by atoms with Crippen LogP contribution in [-0.4, -0.2) is 21.0 Å². The number of phenols is 1. The van der Waals surface area contributed by atoms with Gasteiger partial charge < -0.3 is 15.1 Å². The lowest BCUT2D eigenvalue weighted by atomic mass is 10.1. The largest absolute Gasteiger partial charge is 0.508 e. The Hall–Kier alpha value is -3.92. The molecule has 4 aromatic rings. The van der Waals surface area contributed by atoms with E-state index in [-0.39, 0.29) is 11.6 Å². The van der Waals surface area contributed by atoms with E-state index in [4.69, 9.17) is 0 Å². The van der Waals surface area contributed by atoms with Gasteiger partial charge in [-0.2, -0.15) is 5.26 Å². The number of aromatic hydroxyl groups is 1. The number of para-hydroxylation sites is 1. The van der Waals surface area contributed by atoms with E-state index in [9.17, 15) is 15.2 Å². The molecule has 0 saturated heterocycles. The molecule has 7 nitrogen and oxygen atoms in total. The third kappa shape index (κ3) is 2.42. The summed E-state index contributed by atoms with van der Waals surface area (Å²) in [7, 11) is 0. The Balaban J connectivity index is 1.75. The molecule has 4 rings (SSSR count). The Kier molecular flexibility index (Phi) is 3.29. The van der Waals surface area contributed by atoms with E-state index in [1.165, 1.54) is 24.3 Å². The summed E-state index contributed by atoms with van der Waals surface area (Å²) < 4.78 is 0. The van der Waals surface area contributed by atoms with Crippen molar-refractivity contribution >= 4 is 33.7 Å². The number of carbonyl (C=O) groups is 1. The normalized spacial score (nSPS) is 11.3. The molecule has 0 spiro atoms. The van der Waals surface area contributed by atoms with Gasteiger partial charge in [-0.15, -0.1) is 10.2 Å². The maximum atomic E-state index is 12.0. The molecule has 25 heavy (non-hydrogen) atoms. The van der Waals surface area contributed by atoms with Crippen LogP contribution in [0.3, 0.4) is 0 Å². The number of hydrogen-bond acceptors (Lipinski definition) is 4. The monoisotopic (exact) mass is 329 g/mol. The number of benzene rings is 2. The molecule has 0 bridgehead atoms. The number of nitrogens with one attached hydrogen (secondary N) is 2. The Morgan fingerprint density at radius 1 is 1.08 bits per heavy atom. The number of hydrogen-bond donors (Lipinski definition) is 3. The van der Waals surface area contributed by atoms with Crippen LogP contribution in [0.1, 0.15) is 15.9 Å². The van der Waals surface area contributed by atoms with Crippen LogP contribution in [0.4, 0.5) is 5.82 Å². The number of phenolic OH excluding ortho intramolecular Hbond substituents is 1. The molecular weight excluding hydrogens is 318 g/mol. The number of amides is 1. The Bertz CT molecular complexity index is 1180. The van der Waals surface area contributed by atoms with Crippen molar-refractivity contribution in [3.63, 3.8) is 0 Å². The topological polar surface area (TPSA) is 117 Å². The van der Waals surface area contributed by atoms with Crippen molar-refractivity contribution in [3.05, 3.63) is 59.7 Å². The lowest BCUT2D eigenvalue weighted by Crippen LogP contribution is -1.92. The van der Waals surface area contributed by atoms with Gasteiger partial charge >= 0.3 is 0 Å². The van der Waals surface area contributed by atoms with E-state index in [0.717, 1.165) is 16.3 Å². The van der Waals surface area contributed by atoms with Gasteiger partial charge in [0.15, 0.2) is 5.82 Å². The third-order valence-electron chi connectivity index (χ3n) is 3.90. The molecule has 2 aromatic carbocycles. The van der Waals surface area contributed by atoms with Crippen LogP contribution in [0.15, 0.2) is 58.8 Å². The first-order chi connectivity index (χ1) is 12.2. The summed E-state index contributed by atoms with van der Waals surface area (Å²) in [5.41, 5.74) is 2.19. The fourth-order valence-electron chi connectivity index (χ4n) is 2.74. The highest BCUT2D eigenvalue weighted by Crippen LogP contribution is 2.33. The zero-order chi connectivity index (χ0) is 17.4. The lowest BCUT2D eigenvalue weighted by molar-refractivity contribution is 0.0995. The van der Waals surface area contributed by atoms with Crippen molar-refractivity contribution in [2.45, 2.75) is 0 Å². The van der Waals surface area contributed by atoms with Gasteiger partial charge in [0.2, 0.25) is 0 Å². The highest BCUT2D eigenvalue weighted by molar-refractivity contribution is 6.11. The van der Waals surface area contributed by atoms with Crippen LogP contribution < -0.4 is 0 Å². The zero-order valence-electron chi connectivity index (χ0n) is 12.8. The number of carbonyl (C=O) groups excluding carboxylic acids is 1. The van der Waals surface area contributed by atoms with Gasteiger partial charge in [0, 0.05) is 21.9 Å². The van der Waals surface area contributed by atoms with Gasteiger partial charge in [0.25, 0.3) is 5.91 Å². The second-order valence-electron chi connectivity index (χ2n) is 5.43. The van der Waals surface area contributed by atoms with Crippen molar-refractivity contribution in [1.29, 1.82) is 5.26 Å². The number of nitrogens with zero attached hydrogens (tertiary/aromatic N) is 3. The first kappa shape index (κ1) is 14.7. The molecule has 120 valence electrons. The number of aromatic nitrogens is 2. The standard InChI is InChI=1S/C18H11N5O2/c19-9-13-15-12-3-1-2-4-14(12)20-17(15)21-16(13)22-23-18(25)10-5-7-11(24)8-6-10/h1-8,20-21,24H. The number of azo groups is 1. The van der Waals surface area contributed by atoms with Gasteiger partial charge in [-0.3, -0.25) is 4.79 Å². The molecule has 0 radical (unpaired) electrons. The number of fused-ring (bicyclic) bond motifs is 3. The number of rotatable bonds is 2. The summed E-state index contributed by atoms with van der Waals surface area (Å²) in [6.45, 7) is 0. The molecule has 0 fully saturated rings. The summed E-state index contributed by atoms with van der Waals surface area (Å²) in [5.74, 6) is -0.278. The summed E-state index contributed by atoms with van der Waals surface area (Å²) in [4.78, 5) is 18.2. The fourth-order valence-corrected chi connectivity index (χ4v) is 2.74. The van der Waals surface area contributed by atoms with E-state index in [2.05, 4.69) is 26.3 Å². The van der Waals surface area contributed by atoms with Gasteiger partial charge in [-0.1, -0.05) is 18.2 Å². The van der Waals surface area contributed by atoms with Crippen molar-refractivity contribution < 1.29 is 9.90 Å². The van der Waals surface area contributed by atoms with E-state index >= 15 is 0 Å². The van der Waals surface area contributed by atoms with Gasteiger partial charge in [-0.05, 0) is 30.3 Å². The number of nitriles is 1. The molecule has 0 aliphatic carbocycles. The number of H-pyrrole nitrogens is 2. The maximum Gasteiger partial charge on any atom is 0.295 e. The van der Waals surface area contributed by atoms with E-state index < -0.39 is 5.91 Å². The summed E-state index contributed by atoms with van der Waals surface area (Å²) in [6, 6.07) is 15.4.